The van der Waals surface area contributed by atoms with Gasteiger partial charge in [0.2, 0.25) is 0 Å². The van der Waals surface area contributed by atoms with Gasteiger partial charge in [-0.2, -0.15) is 0 Å². The van der Waals surface area contributed by atoms with Gasteiger partial charge in [-0.3, -0.25) is 0 Å². The van der Waals surface area contributed by atoms with Crippen molar-refractivity contribution in [1.29, 1.82) is 0 Å². The minimum Gasteiger partial charge on any atom is -0.102 e. The Kier molecular flexibility index (Phi) is 3.70. The monoisotopic (exact) mass is 106 g/mol. The van der Waals surface area contributed by atoms with Crippen molar-refractivity contribution >= 4 is 0 Å². The molecule has 0 unspecified atom stereocenters. The van der Waals surface area contributed by atoms with Crippen LogP contribution in [0.1, 0.15) is 13.8 Å². The lowest BCUT2D eigenvalue weighted by Crippen LogP contribution is -1.62. The summed E-state index contributed by atoms with van der Waals surface area (Å²) in [6.45, 7) is 7.32. The largest absolute Gasteiger partial charge is 0.102 e. The van der Waals surface area contributed by atoms with Crippen molar-refractivity contribution in [2.75, 3.05) is 0 Å². The minimum atomic E-state index is 1.06. The first kappa shape index (κ1) is 7.04. The molecule has 0 saturated heterocycles. The van der Waals surface area contributed by atoms with E-state index in [1.165, 1.54) is 0 Å². The molecule has 0 amide bonds. The summed E-state index contributed by atoms with van der Waals surface area (Å²) < 4.78 is 0. The quantitative estimate of drug-likeness (QED) is 0.355. The fourth-order valence-electron chi connectivity index (χ4n) is 0.416. The van der Waals surface area contributed by atoms with E-state index in [0.29, 0.717) is 0 Å². The molecule has 0 saturated carbocycles. The van der Waals surface area contributed by atoms with Gasteiger partial charge in [0.05, 0.1) is 0 Å². The summed E-state index contributed by atoms with van der Waals surface area (Å²) in [6, 6.07) is 0. The Hall–Kier alpha value is -0.960. The van der Waals surface area contributed by atoms with E-state index in [2.05, 4.69) is 18.4 Å². The molecule has 0 bridgehead atoms. The second kappa shape index (κ2) is 4.21. The van der Waals surface area contributed by atoms with Crippen LogP contribution in [0.5, 0.6) is 0 Å². The van der Waals surface area contributed by atoms with E-state index in [0.717, 1.165) is 5.57 Å². The van der Waals surface area contributed by atoms with Crippen LogP contribution in [-0.4, -0.2) is 0 Å². The van der Waals surface area contributed by atoms with Crippen molar-refractivity contribution in [3.63, 3.8) is 0 Å². The van der Waals surface area contributed by atoms with Crippen molar-refractivity contribution in [2.24, 2.45) is 0 Å². The molecule has 0 heteroatoms. The van der Waals surface area contributed by atoms with Crippen LogP contribution in [0, 0.1) is 11.8 Å². The molecule has 0 spiro atoms. The molecular weight excluding hydrogens is 96.1 g/mol. The van der Waals surface area contributed by atoms with Crippen molar-refractivity contribution in [1.82, 2.24) is 0 Å². The maximum atomic E-state index is 3.54. The Morgan fingerprint density at radius 1 is 1.62 bits per heavy atom. The molecule has 0 fully saturated rings. The summed E-state index contributed by atoms with van der Waals surface area (Å²) in [5.41, 5.74) is 1.06. The van der Waals surface area contributed by atoms with Gasteiger partial charge < -0.3 is 0 Å². The lowest BCUT2D eigenvalue weighted by molar-refractivity contribution is 1.58. The molecule has 0 radical (unpaired) electrons. The molecule has 0 aromatic heterocycles. The molecule has 0 aromatic carbocycles. The lowest BCUT2D eigenvalue weighted by Gasteiger charge is -1.78. The average molecular weight is 106 g/mol. The molecule has 0 nitrogen and oxygen atoms in total. The van der Waals surface area contributed by atoms with Crippen LogP contribution >= 0.6 is 0 Å². The van der Waals surface area contributed by atoms with Crippen molar-refractivity contribution in [3.8, 4) is 11.8 Å². The van der Waals surface area contributed by atoms with Gasteiger partial charge in [-0.05, 0) is 19.4 Å². The third-order valence-electron chi connectivity index (χ3n) is 0.690. The number of rotatable bonds is 1. The zero-order valence-electron chi connectivity index (χ0n) is 5.36. The second-order valence-electron chi connectivity index (χ2n) is 1.46. The van der Waals surface area contributed by atoms with Gasteiger partial charge in [-0.15, -0.1) is 5.92 Å². The molecular formula is C8H10. The van der Waals surface area contributed by atoms with E-state index in [9.17, 15) is 0 Å². The first-order valence-electron chi connectivity index (χ1n) is 2.53. The second-order valence-corrected chi connectivity index (χ2v) is 1.46. The third-order valence-corrected chi connectivity index (χ3v) is 0.690. The zero-order valence-corrected chi connectivity index (χ0v) is 5.36. The van der Waals surface area contributed by atoms with Crippen LogP contribution in [-0.2, 0) is 0 Å². The molecule has 0 heterocycles. The number of allylic oxidation sites excluding steroid dienone is 3. The standard InChI is InChI=1S/C8H10/c1-4-6-8(3)7-5-2/h4,6H,1H2,2-3H3/b8-6-. The number of hydrogen-bond acceptors (Lipinski definition) is 0. The Morgan fingerprint density at radius 3 is 2.62 bits per heavy atom. The number of hydrogen-bond donors (Lipinski definition) is 0. The van der Waals surface area contributed by atoms with E-state index in [4.69, 9.17) is 0 Å². The van der Waals surface area contributed by atoms with E-state index in [-0.39, 0.29) is 0 Å². The van der Waals surface area contributed by atoms with Crippen LogP contribution < -0.4 is 0 Å². The molecule has 0 aliphatic rings. The van der Waals surface area contributed by atoms with Gasteiger partial charge in [-0.25, -0.2) is 0 Å². The van der Waals surface area contributed by atoms with E-state index < -0.39 is 0 Å². The summed E-state index contributed by atoms with van der Waals surface area (Å²) in [5, 5.41) is 0. The highest BCUT2D eigenvalue weighted by Gasteiger charge is 1.71. The Labute approximate surface area is 50.9 Å². The fraction of sp³-hybridized carbons (Fsp3) is 0.250. The molecule has 0 rings (SSSR count). The maximum absolute atomic E-state index is 3.54. The van der Waals surface area contributed by atoms with E-state index >= 15 is 0 Å². The topological polar surface area (TPSA) is 0 Å². The van der Waals surface area contributed by atoms with Crippen LogP contribution in [0.15, 0.2) is 24.3 Å². The molecule has 0 aromatic rings. The summed E-state index contributed by atoms with van der Waals surface area (Å²) in [5.74, 6) is 5.67. The molecule has 0 aliphatic carbocycles. The Bertz CT molecular complexity index is 151. The van der Waals surface area contributed by atoms with Gasteiger partial charge in [0, 0.05) is 0 Å². The summed E-state index contributed by atoms with van der Waals surface area (Å²) in [4.78, 5) is 0. The molecule has 0 N–H and O–H groups in total. The van der Waals surface area contributed by atoms with Crippen molar-refractivity contribution < 1.29 is 0 Å². The lowest BCUT2D eigenvalue weighted by atomic mass is 10.3. The Morgan fingerprint density at radius 2 is 2.25 bits per heavy atom. The van der Waals surface area contributed by atoms with E-state index in [1.807, 2.05) is 19.9 Å². The van der Waals surface area contributed by atoms with Gasteiger partial charge in [0.1, 0.15) is 0 Å². The normalized spacial score (nSPS) is 9.50. The van der Waals surface area contributed by atoms with Crippen molar-refractivity contribution in [2.45, 2.75) is 13.8 Å². The zero-order chi connectivity index (χ0) is 6.41. The maximum Gasteiger partial charge on any atom is -0.00111 e. The average Bonchev–Trinajstić information content (AvgIpc) is 1.68. The summed E-state index contributed by atoms with van der Waals surface area (Å²) in [6.07, 6.45) is 3.62. The Balaban J connectivity index is 3.93. The third kappa shape index (κ3) is 3.24. The van der Waals surface area contributed by atoms with Crippen LogP contribution in [0.3, 0.4) is 0 Å². The first-order chi connectivity index (χ1) is 3.81. The summed E-state index contributed by atoms with van der Waals surface area (Å²) >= 11 is 0. The fourth-order valence-corrected chi connectivity index (χ4v) is 0.416. The van der Waals surface area contributed by atoms with Crippen LogP contribution in [0.25, 0.3) is 0 Å². The van der Waals surface area contributed by atoms with Gasteiger partial charge in [0.25, 0.3) is 0 Å². The predicted octanol–water partition coefficient (Wildman–Crippen LogP) is 2.14. The van der Waals surface area contributed by atoms with Crippen molar-refractivity contribution in [3.05, 3.63) is 24.3 Å². The van der Waals surface area contributed by atoms with E-state index in [1.54, 1.807) is 6.08 Å². The van der Waals surface area contributed by atoms with Gasteiger partial charge >= 0.3 is 0 Å². The molecule has 0 atom stereocenters. The van der Waals surface area contributed by atoms with Gasteiger partial charge in [-0.1, -0.05) is 24.7 Å². The smallest absolute Gasteiger partial charge is 0.00111 e. The minimum absolute atomic E-state index is 1.06. The van der Waals surface area contributed by atoms with Gasteiger partial charge in [0.15, 0.2) is 0 Å². The molecule has 8 heavy (non-hydrogen) atoms. The molecule has 42 valence electrons. The highest BCUT2D eigenvalue weighted by atomic mass is 13.8. The molecule has 0 aliphatic heterocycles. The highest BCUT2D eigenvalue weighted by molar-refractivity contribution is 5.28. The highest BCUT2D eigenvalue weighted by Crippen LogP contribution is 1.87. The SMILES string of the molecule is C=C/C=C(/C)C#CC. The van der Waals surface area contributed by atoms with Crippen LogP contribution in [0.2, 0.25) is 0 Å². The summed E-state index contributed by atoms with van der Waals surface area (Å²) in [7, 11) is 0. The van der Waals surface area contributed by atoms with Crippen LogP contribution in [0.4, 0.5) is 0 Å². The predicted molar refractivity (Wildman–Crippen MR) is 37.4 cm³/mol. The first-order valence-corrected chi connectivity index (χ1v) is 2.53.